The number of carbonyl (C=O) groups is 2. The van der Waals surface area contributed by atoms with Crippen molar-refractivity contribution in [1.29, 1.82) is 0 Å². The molecule has 2 aliphatic heterocycles. The molecule has 0 aliphatic carbocycles. The predicted octanol–water partition coefficient (Wildman–Crippen LogP) is 1.07. The molecule has 0 radical (unpaired) electrons. The zero-order chi connectivity index (χ0) is 17.2. The lowest BCUT2D eigenvalue weighted by Crippen LogP contribution is -2.57. The van der Waals surface area contributed by atoms with Crippen LogP contribution in [0.5, 0.6) is 0 Å². The molecule has 0 aromatic heterocycles. The number of hydrogen-bond donors (Lipinski definition) is 3. The molecule has 2 saturated heterocycles. The summed E-state index contributed by atoms with van der Waals surface area (Å²) in [6.07, 6.45) is 1.77. The van der Waals surface area contributed by atoms with Crippen LogP contribution in [0.3, 0.4) is 0 Å². The minimum atomic E-state index is -1.07. The molecule has 0 saturated carbocycles. The molecule has 0 bridgehead atoms. The molecule has 2 aliphatic rings. The molecule has 1 aromatic carbocycles. The Kier molecular flexibility index (Phi) is 6.37. The number of rotatable bonds is 5. The van der Waals surface area contributed by atoms with E-state index in [0.29, 0.717) is 5.56 Å². The molecule has 1 unspecified atom stereocenters. The van der Waals surface area contributed by atoms with E-state index in [0.717, 1.165) is 30.8 Å². The maximum Gasteiger partial charge on any atom is 0.325 e. The van der Waals surface area contributed by atoms with Crippen LogP contribution in [-0.4, -0.2) is 53.7 Å². The molecule has 138 valence electrons. The van der Waals surface area contributed by atoms with Crippen molar-refractivity contribution in [2.24, 2.45) is 5.92 Å². The van der Waals surface area contributed by atoms with E-state index in [1.165, 1.54) is 12.1 Å². The van der Waals surface area contributed by atoms with Gasteiger partial charge in [0.15, 0.2) is 0 Å². The highest BCUT2D eigenvalue weighted by Crippen LogP contribution is 2.35. The summed E-state index contributed by atoms with van der Waals surface area (Å²) in [7, 11) is 0. The maximum absolute atomic E-state index is 13.6. The molecule has 2 fully saturated rings. The number of amides is 3. The molecule has 1 aromatic rings. The first kappa shape index (κ1) is 19.6. The molecule has 3 N–H and O–H groups in total. The van der Waals surface area contributed by atoms with Crippen molar-refractivity contribution in [2.45, 2.75) is 24.8 Å². The third-order valence-corrected chi connectivity index (χ3v) is 4.93. The van der Waals surface area contributed by atoms with Gasteiger partial charge in [-0.3, -0.25) is 9.69 Å². The second kappa shape index (κ2) is 8.12. The van der Waals surface area contributed by atoms with Gasteiger partial charge in [0.05, 0.1) is 13.2 Å². The third-order valence-electron chi connectivity index (χ3n) is 4.93. The number of carbonyl (C=O) groups excluding carboxylic acids is 2. The van der Waals surface area contributed by atoms with E-state index in [1.807, 2.05) is 0 Å². The largest absolute Gasteiger partial charge is 0.395 e. The number of urea groups is 1. The van der Waals surface area contributed by atoms with Crippen molar-refractivity contribution in [3.8, 4) is 0 Å². The standard InChI is InChI=1S/C17H22FN3O3.ClH/c18-14-3-1-2-12(10-14)11-17(13-4-6-19-7-5-13)15(23)21(8-9-22)16(24)20-17;/h1-3,10,13,19,22H,4-9,11H2,(H,20,24);1H. The fraction of sp³-hybridized carbons (Fsp3) is 0.529. The molecule has 8 heteroatoms. The van der Waals surface area contributed by atoms with Crippen molar-refractivity contribution in [3.63, 3.8) is 0 Å². The molecule has 1 atom stereocenters. The SMILES string of the molecule is Cl.O=C1NC(Cc2cccc(F)c2)(C2CCNCC2)C(=O)N1CCO. The summed E-state index contributed by atoms with van der Waals surface area (Å²) in [6.45, 7) is 1.25. The van der Waals surface area contributed by atoms with Crippen molar-refractivity contribution >= 4 is 24.3 Å². The zero-order valence-corrected chi connectivity index (χ0v) is 14.7. The van der Waals surface area contributed by atoms with Crippen LogP contribution in [0.25, 0.3) is 0 Å². The quantitative estimate of drug-likeness (QED) is 0.676. The highest BCUT2D eigenvalue weighted by Gasteiger charge is 2.55. The Morgan fingerprint density at radius 1 is 1.28 bits per heavy atom. The van der Waals surface area contributed by atoms with Crippen molar-refractivity contribution in [3.05, 3.63) is 35.6 Å². The van der Waals surface area contributed by atoms with Crippen LogP contribution in [0.1, 0.15) is 18.4 Å². The number of hydrogen-bond acceptors (Lipinski definition) is 4. The lowest BCUT2D eigenvalue weighted by molar-refractivity contribution is -0.134. The highest BCUT2D eigenvalue weighted by atomic mass is 35.5. The van der Waals surface area contributed by atoms with Crippen LogP contribution in [-0.2, 0) is 11.2 Å². The second-order valence-electron chi connectivity index (χ2n) is 6.41. The number of nitrogens with zero attached hydrogens (tertiary/aromatic N) is 1. The first-order valence-electron chi connectivity index (χ1n) is 8.27. The van der Waals surface area contributed by atoms with Crippen LogP contribution in [0.2, 0.25) is 0 Å². The van der Waals surface area contributed by atoms with Gasteiger partial charge >= 0.3 is 6.03 Å². The smallest absolute Gasteiger partial charge is 0.325 e. The first-order valence-corrected chi connectivity index (χ1v) is 8.27. The zero-order valence-electron chi connectivity index (χ0n) is 13.8. The van der Waals surface area contributed by atoms with Gasteiger partial charge in [0, 0.05) is 6.42 Å². The van der Waals surface area contributed by atoms with E-state index < -0.39 is 11.6 Å². The van der Waals surface area contributed by atoms with Crippen LogP contribution in [0, 0.1) is 11.7 Å². The van der Waals surface area contributed by atoms with E-state index in [2.05, 4.69) is 10.6 Å². The Morgan fingerprint density at radius 2 is 2.00 bits per heavy atom. The molecule has 25 heavy (non-hydrogen) atoms. The Hall–Kier alpha value is -1.70. The molecular formula is C17H23ClFN3O3. The second-order valence-corrected chi connectivity index (χ2v) is 6.41. The average Bonchev–Trinajstić information content (AvgIpc) is 2.81. The summed E-state index contributed by atoms with van der Waals surface area (Å²) in [4.78, 5) is 26.4. The number of nitrogens with one attached hydrogen (secondary N) is 2. The van der Waals surface area contributed by atoms with Crippen LogP contribution >= 0.6 is 12.4 Å². The molecular weight excluding hydrogens is 349 g/mol. The van der Waals surface area contributed by atoms with Crippen molar-refractivity contribution in [1.82, 2.24) is 15.5 Å². The normalized spacial score (nSPS) is 24.2. The number of aliphatic hydroxyl groups excluding tert-OH is 1. The van der Waals surface area contributed by atoms with Crippen LogP contribution < -0.4 is 10.6 Å². The number of benzene rings is 1. The molecule has 0 spiro atoms. The van der Waals surface area contributed by atoms with Gasteiger partial charge in [0.25, 0.3) is 5.91 Å². The first-order chi connectivity index (χ1) is 11.6. The van der Waals surface area contributed by atoms with E-state index in [4.69, 9.17) is 5.11 Å². The Balaban J connectivity index is 0.00000225. The van der Waals surface area contributed by atoms with E-state index in [1.54, 1.807) is 12.1 Å². The van der Waals surface area contributed by atoms with Gasteiger partial charge in [-0.2, -0.15) is 0 Å². The lowest BCUT2D eigenvalue weighted by Gasteiger charge is -2.38. The van der Waals surface area contributed by atoms with Crippen LogP contribution in [0.4, 0.5) is 9.18 Å². The van der Waals surface area contributed by atoms with Gasteiger partial charge in [0.1, 0.15) is 11.4 Å². The van der Waals surface area contributed by atoms with Crippen molar-refractivity contribution < 1.29 is 19.1 Å². The van der Waals surface area contributed by atoms with E-state index >= 15 is 0 Å². The Morgan fingerprint density at radius 3 is 2.64 bits per heavy atom. The van der Waals surface area contributed by atoms with E-state index in [9.17, 15) is 14.0 Å². The average molecular weight is 372 g/mol. The van der Waals surface area contributed by atoms with E-state index in [-0.39, 0.29) is 49.6 Å². The Bertz CT molecular complexity index is 639. The van der Waals surface area contributed by atoms with Gasteiger partial charge in [0.2, 0.25) is 0 Å². The number of imide groups is 1. The lowest BCUT2D eigenvalue weighted by atomic mass is 9.74. The molecule has 3 amide bonds. The number of aliphatic hydroxyl groups is 1. The van der Waals surface area contributed by atoms with Crippen LogP contribution in [0.15, 0.2) is 24.3 Å². The third kappa shape index (κ3) is 3.78. The number of halogens is 2. The van der Waals surface area contributed by atoms with Gasteiger partial charge < -0.3 is 15.7 Å². The summed E-state index contributed by atoms with van der Waals surface area (Å²) >= 11 is 0. The monoisotopic (exact) mass is 371 g/mol. The molecule has 2 heterocycles. The molecule has 6 nitrogen and oxygen atoms in total. The van der Waals surface area contributed by atoms with Crippen molar-refractivity contribution in [2.75, 3.05) is 26.2 Å². The van der Waals surface area contributed by atoms with Gasteiger partial charge in [-0.15, -0.1) is 12.4 Å². The van der Waals surface area contributed by atoms with Gasteiger partial charge in [-0.05, 0) is 49.5 Å². The summed E-state index contributed by atoms with van der Waals surface area (Å²) < 4.78 is 13.6. The summed E-state index contributed by atoms with van der Waals surface area (Å²) in [5, 5.41) is 15.3. The Labute approximate surface area is 152 Å². The summed E-state index contributed by atoms with van der Waals surface area (Å²) in [5.74, 6) is -0.711. The maximum atomic E-state index is 13.6. The fourth-order valence-electron chi connectivity index (χ4n) is 3.77. The number of piperidine rings is 1. The minimum absolute atomic E-state index is 0. The summed E-state index contributed by atoms with van der Waals surface area (Å²) in [5.41, 5.74) is -0.393. The summed E-state index contributed by atoms with van der Waals surface area (Å²) in [6, 6.07) is 5.64. The minimum Gasteiger partial charge on any atom is -0.395 e. The topological polar surface area (TPSA) is 81.7 Å². The fourth-order valence-corrected chi connectivity index (χ4v) is 3.77. The molecule has 3 rings (SSSR count). The van der Waals surface area contributed by atoms with Gasteiger partial charge in [-0.1, -0.05) is 12.1 Å². The predicted molar refractivity (Wildman–Crippen MR) is 93.0 cm³/mol. The highest BCUT2D eigenvalue weighted by molar-refractivity contribution is 6.07. The number of β-amino-alcohol motifs (C(OH)–C–C–N with tert-alkyl or cyclic N) is 1. The van der Waals surface area contributed by atoms with Gasteiger partial charge in [-0.25, -0.2) is 9.18 Å².